The quantitative estimate of drug-likeness (QED) is 0.260. The zero-order valence-electron chi connectivity index (χ0n) is 7.39. The third-order valence-electron chi connectivity index (χ3n) is 1.43. The van der Waals surface area contributed by atoms with Gasteiger partial charge in [0.15, 0.2) is 0 Å². The summed E-state index contributed by atoms with van der Waals surface area (Å²) in [6.45, 7) is 9.18. The lowest BCUT2D eigenvalue weighted by molar-refractivity contribution is 0.120. The van der Waals surface area contributed by atoms with Crippen LogP contribution in [0.25, 0.3) is 0 Å². The lowest BCUT2D eigenvalue weighted by Gasteiger charge is -2.15. The van der Waals surface area contributed by atoms with E-state index in [1.54, 1.807) is 0 Å². The number of nitrogens with two attached hydrogens (primary N) is 1. The molecule has 0 saturated carbocycles. The lowest BCUT2D eigenvalue weighted by atomic mass is 10.2. The van der Waals surface area contributed by atoms with Gasteiger partial charge in [0.25, 0.3) is 0 Å². The summed E-state index contributed by atoms with van der Waals surface area (Å²) >= 11 is 0. The topological polar surface area (TPSA) is 47.3 Å². The summed E-state index contributed by atoms with van der Waals surface area (Å²) < 4.78 is 5.29. The standard InChI is InChI=1S/C8H18N2O/c1-4-5-11-6-8(10-9)7(2)3/h8,10H,2,4-6,9H2,1,3H3. The van der Waals surface area contributed by atoms with Crippen molar-refractivity contribution in [2.24, 2.45) is 5.84 Å². The first-order chi connectivity index (χ1) is 5.22. The summed E-state index contributed by atoms with van der Waals surface area (Å²) in [5, 5.41) is 0. The second-order valence-electron chi connectivity index (χ2n) is 2.64. The average Bonchev–Trinajstić information content (AvgIpc) is 1.97. The fraction of sp³-hybridized carbons (Fsp3) is 0.750. The van der Waals surface area contributed by atoms with E-state index in [-0.39, 0.29) is 6.04 Å². The Morgan fingerprint density at radius 1 is 1.73 bits per heavy atom. The molecule has 0 fully saturated rings. The van der Waals surface area contributed by atoms with Crippen molar-refractivity contribution in [1.29, 1.82) is 0 Å². The van der Waals surface area contributed by atoms with Crippen LogP contribution in [0.4, 0.5) is 0 Å². The van der Waals surface area contributed by atoms with Crippen molar-refractivity contribution in [3.63, 3.8) is 0 Å². The molecule has 0 spiro atoms. The van der Waals surface area contributed by atoms with Crippen molar-refractivity contribution in [2.75, 3.05) is 13.2 Å². The molecule has 0 saturated heterocycles. The minimum Gasteiger partial charge on any atom is -0.379 e. The van der Waals surface area contributed by atoms with Gasteiger partial charge in [0.05, 0.1) is 12.6 Å². The third-order valence-corrected chi connectivity index (χ3v) is 1.43. The minimum atomic E-state index is 0.0848. The minimum absolute atomic E-state index is 0.0848. The van der Waals surface area contributed by atoms with Crippen LogP contribution in [0.5, 0.6) is 0 Å². The van der Waals surface area contributed by atoms with Crippen LogP contribution in [0.15, 0.2) is 12.2 Å². The smallest absolute Gasteiger partial charge is 0.0671 e. The fourth-order valence-corrected chi connectivity index (χ4v) is 0.678. The Labute approximate surface area is 68.6 Å². The van der Waals surface area contributed by atoms with E-state index in [1.807, 2.05) is 6.92 Å². The van der Waals surface area contributed by atoms with Gasteiger partial charge >= 0.3 is 0 Å². The van der Waals surface area contributed by atoms with Crippen molar-refractivity contribution >= 4 is 0 Å². The molecule has 0 bridgehead atoms. The first-order valence-corrected chi connectivity index (χ1v) is 3.91. The molecule has 3 N–H and O–H groups in total. The molecule has 1 unspecified atom stereocenters. The van der Waals surface area contributed by atoms with E-state index in [1.165, 1.54) is 0 Å². The van der Waals surface area contributed by atoms with Gasteiger partial charge in [-0.05, 0) is 13.3 Å². The highest BCUT2D eigenvalue weighted by Crippen LogP contribution is 1.97. The summed E-state index contributed by atoms with van der Waals surface area (Å²) in [5.41, 5.74) is 3.64. The van der Waals surface area contributed by atoms with Gasteiger partial charge < -0.3 is 4.74 Å². The average molecular weight is 158 g/mol. The molecule has 1 atom stereocenters. The number of ether oxygens (including phenoxy) is 1. The van der Waals surface area contributed by atoms with E-state index >= 15 is 0 Å². The molecule has 0 heterocycles. The summed E-state index contributed by atoms with van der Waals surface area (Å²) in [7, 11) is 0. The Morgan fingerprint density at radius 3 is 2.73 bits per heavy atom. The molecule has 0 aliphatic carbocycles. The highest BCUT2D eigenvalue weighted by atomic mass is 16.5. The molecule has 66 valence electrons. The molecule has 3 nitrogen and oxygen atoms in total. The maximum atomic E-state index is 5.29. The van der Waals surface area contributed by atoms with E-state index in [0.29, 0.717) is 6.61 Å². The molecule has 0 aromatic rings. The van der Waals surface area contributed by atoms with Crippen molar-refractivity contribution in [2.45, 2.75) is 26.3 Å². The number of hydrogen-bond donors (Lipinski definition) is 2. The molecular weight excluding hydrogens is 140 g/mol. The highest BCUT2D eigenvalue weighted by molar-refractivity contribution is 5.00. The van der Waals surface area contributed by atoms with Gasteiger partial charge in [0, 0.05) is 6.61 Å². The van der Waals surface area contributed by atoms with Crippen molar-refractivity contribution in [1.82, 2.24) is 5.43 Å². The van der Waals surface area contributed by atoms with Crippen LogP contribution in [0.3, 0.4) is 0 Å². The van der Waals surface area contributed by atoms with Crippen LogP contribution in [0, 0.1) is 0 Å². The van der Waals surface area contributed by atoms with Gasteiger partial charge in [-0.3, -0.25) is 11.3 Å². The maximum absolute atomic E-state index is 5.29. The van der Waals surface area contributed by atoms with E-state index in [2.05, 4.69) is 18.9 Å². The number of nitrogens with one attached hydrogen (secondary N) is 1. The largest absolute Gasteiger partial charge is 0.379 e. The van der Waals surface area contributed by atoms with E-state index in [0.717, 1.165) is 18.6 Å². The molecule has 0 aromatic heterocycles. The van der Waals surface area contributed by atoms with Gasteiger partial charge in [0.2, 0.25) is 0 Å². The predicted molar refractivity (Wildman–Crippen MR) is 47.0 cm³/mol. The van der Waals surface area contributed by atoms with E-state index in [9.17, 15) is 0 Å². The Kier molecular flexibility index (Phi) is 6.12. The Morgan fingerprint density at radius 2 is 2.36 bits per heavy atom. The van der Waals surface area contributed by atoms with Crippen LogP contribution in [-0.2, 0) is 4.74 Å². The zero-order chi connectivity index (χ0) is 8.69. The normalized spacial score (nSPS) is 13.0. The molecule has 3 heteroatoms. The van der Waals surface area contributed by atoms with Gasteiger partial charge in [-0.1, -0.05) is 19.1 Å². The predicted octanol–water partition coefficient (Wildman–Crippen LogP) is 0.821. The van der Waals surface area contributed by atoms with Crippen molar-refractivity contribution < 1.29 is 4.74 Å². The summed E-state index contributed by atoms with van der Waals surface area (Å²) in [6.07, 6.45) is 1.04. The summed E-state index contributed by atoms with van der Waals surface area (Å²) in [5.74, 6) is 5.27. The Bertz CT molecular complexity index is 115. The number of hydrazine groups is 1. The van der Waals surface area contributed by atoms with Crippen LogP contribution in [0.1, 0.15) is 20.3 Å². The monoisotopic (exact) mass is 158 g/mol. The SMILES string of the molecule is C=C(C)C(COCCC)NN. The summed E-state index contributed by atoms with van der Waals surface area (Å²) in [4.78, 5) is 0. The van der Waals surface area contributed by atoms with Crippen LogP contribution >= 0.6 is 0 Å². The van der Waals surface area contributed by atoms with Crippen molar-refractivity contribution in [3.05, 3.63) is 12.2 Å². The first-order valence-electron chi connectivity index (χ1n) is 3.91. The van der Waals surface area contributed by atoms with Crippen LogP contribution in [0.2, 0.25) is 0 Å². The Balaban J connectivity index is 3.44. The molecule has 11 heavy (non-hydrogen) atoms. The number of rotatable bonds is 6. The zero-order valence-corrected chi connectivity index (χ0v) is 7.39. The van der Waals surface area contributed by atoms with Gasteiger partial charge in [0.1, 0.15) is 0 Å². The van der Waals surface area contributed by atoms with Crippen LogP contribution in [-0.4, -0.2) is 19.3 Å². The first kappa shape index (κ1) is 10.6. The van der Waals surface area contributed by atoms with Crippen molar-refractivity contribution in [3.8, 4) is 0 Å². The van der Waals surface area contributed by atoms with E-state index in [4.69, 9.17) is 10.6 Å². The van der Waals surface area contributed by atoms with Gasteiger partial charge in [-0.15, -0.1) is 0 Å². The molecule has 0 aromatic carbocycles. The molecule has 0 aliphatic heterocycles. The second-order valence-corrected chi connectivity index (χ2v) is 2.64. The second kappa shape index (κ2) is 6.34. The summed E-state index contributed by atoms with van der Waals surface area (Å²) in [6, 6.07) is 0.0848. The number of hydrogen-bond acceptors (Lipinski definition) is 3. The molecule has 0 radical (unpaired) electrons. The maximum Gasteiger partial charge on any atom is 0.0671 e. The van der Waals surface area contributed by atoms with E-state index < -0.39 is 0 Å². The molecular formula is C8H18N2O. The van der Waals surface area contributed by atoms with Gasteiger partial charge in [-0.25, -0.2) is 0 Å². The van der Waals surface area contributed by atoms with Gasteiger partial charge in [-0.2, -0.15) is 0 Å². The fourth-order valence-electron chi connectivity index (χ4n) is 0.678. The lowest BCUT2D eigenvalue weighted by Crippen LogP contribution is -2.39. The third kappa shape index (κ3) is 4.95. The molecule has 0 amide bonds. The molecule has 0 aliphatic rings. The van der Waals surface area contributed by atoms with Crippen LogP contribution < -0.4 is 11.3 Å². The highest BCUT2D eigenvalue weighted by Gasteiger charge is 2.05. The Hall–Kier alpha value is -0.380. The molecule has 0 rings (SSSR count).